The summed E-state index contributed by atoms with van der Waals surface area (Å²) in [4.78, 5) is 25.2. The van der Waals surface area contributed by atoms with Crippen LogP contribution in [0.3, 0.4) is 0 Å². The first-order valence-electron chi connectivity index (χ1n) is 10.7. The van der Waals surface area contributed by atoms with Crippen molar-refractivity contribution in [3.05, 3.63) is 76.9 Å². The van der Waals surface area contributed by atoms with Crippen LogP contribution in [0.4, 0.5) is 5.00 Å². The summed E-state index contributed by atoms with van der Waals surface area (Å²) in [6.45, 7) is 2.26. The maximum absolute atomic E-state index is 12.7. The number of amides is 1. The third-order valence-corrected chi connectivity index (χ3v) is 7.08. The summed E-state index contributed by atoms with van der Waals surface area (Å²) in [5, 5.41) is 14.1. The minimum atomic E-state index is -0.499. The minimum absolute atomic E-state index is 0.101. The van der Waals surface area contributed by atoms with Gasteiger partial charge in [-0.25, -0.2) is 4.79 Å². The molecule has 35 heavy (non-hydrogen) atoms. The van der Waals surface area contributed by atoms with E-state index in [1.54, 1.807) is 4.57 Å². The number of rotatable bonds is 9. The van der Waals surface area contributed by atoms with Crippen molar-refractivity contribution in [3.8, 4) is 16.9 Å². The van der Waals surface area contributed by atoms with Gasteiger partial charge in [0.25, 0.3) is 0 Å². The summed E-state index contributed by atoms with van der Waals surface area (Å²) in [6.07, 6.45) is 0. The highest BCUT2D eigenvalue weighted by Gasteiger charge is 2.22. The molecule has 0 atom stereocenters. The molecule has 2 aromatic heterocycles. The number of esters is 1. The molecule has 2 aromatic carbocycles. The predicted molar refractivity (Wildman–Crippen MR) is 137 cm³/mol. The van der Waals surface area contributed by atoms with Gasteiger partial charge in [0.1, 0.15) is 22.9 Å². The maximum atomic E-state index is 12.7. The molecule has 2 heterocycles. The maximum Gasteiger partial charge on any atom is 0.341 e. The number of thioether (sulfide) groups is 1. The highest BCUT2D eigenvalue weighted by Crippen LogP contribution is 2.36. The molecule has 0 aliphatic heterocycles. The summed E-state index contributed by atoms with van der Waals surface area (Å²) >= 11 is 2.54. The molecular formula is C25H24N4O4S2. The van der Waals surface area contributed by atoms with Gasteiger partial charge < -0.3 is 19.4 Å². The van der Waals surface area contributed by atoms with E-state index in [0.717, 1.165) is 22.4 Å². The van der Waals surface area contributed by atoms with Crippen LogP contribution in [0, 0.1) is 6.92 Å². The lowest BCUT2D eigenvalue weighted by atomic mass is 10.0. The van der Waals surface area contributed by atoms with Gasteiger partial charge in [-0.1, -0.05) is 59.8 Å². The topological polar surface area (TPSA) is 95.3 Å². The quantitative estimate of drug-likeness (QED) is 0.252. The summed E-state index contributed by atoms with van der Waals surface area (Å²) in [5.41, 5.74) is 3.07. The molecule has 0 aliphatic rings. The second-order valence-corrected chi connectivity index (χ2v) is 9.43. The Bertz CT molecular complexity index is 1320. The zero-order chi connectivity index (χ0) is 24.8. The first kappa shape index (κ1) is 24.5. The summed E-state index contributed by atoms with van der Waals surface area (Å²) in [5.74, 6) is 0.727. The Morgan fingerprint density at radius 3 is 2.54 bits per heavy atom. The van der Waals surface area contributed by atoms with Crippen molar-refractivity contribution in [2.75, 3.05) is 18.2 Å². The zero-order valence-corrected chi connectivity index (χ0v) is 21.1. The van der Waals surface area contributed by atoms with Crippen LogP contribution in [0.25, 0.3) is 11.1 Å². The first-order chi connectivity index (χ1) is 17.0. The fourth-order valence-corrected chi connectivity index (χ4v) is 4.96. The van der Waals surface area contributed by atoms with Crippen molar-refractivity contribution >= 4 is 40.0 Å². The minimum Gasteiger partial charge on any atom is -0.486 e. The zero-order valence-electron chi connectivity index (χ0n) is 19.5. The number of aromatic nitrogens is 3. The lowest BCUT2D eigenvalue weighted by molar-refractivity contribution is -0.113. The number of ether oxygens (including phenoxy) is 2. The van der Waals surface area contributed by atoms with Crippen LogP contribution in [0.5, 0.6) is 5.75 Å². The van der Waals surface area contributed by atoms with Crippen LogP contribution >= 0.6 is 23.1 Å². The van der Waals surface area contributed by atoms with Gasteiger partial charge in [-0.05, 0) is 24.6 Å². The molecule has 0 aliphatic carbocycles. The second kappa shape index (κ2) is 11.2. The molecule has 0 fully saturated rings. The molecule has 0 saturated heterocycles. The molecule has 0 spiro atoms. The molecule has 8 nitrogen and oxygen atoms in total. The molecule has 4 aromatic rings. The van der Waals surface area contributed by atoms with Crippen LogP contribution < -0.4 is 10.1 Å². The number of carbonyl (C=O) groups excluding carboxylic acids is 2. The number of hydrogen-bond donors (Lipinski definition) is 1. The van der Waals surface area contributed by atoms with Gasteiger partial charge >= 0.3 is 5.97 Å². The molecular weight excluding hydrogens is 484 g/mol. The average Bonchev–Trinajstić information content (AvgIpc) is 3.45. The van der Waals surface area contributed by atoms with Crippen molar-refractivity contribution in [1.82, 2.24) is 14.8 Å². The fraction of sp³-hybridized carbons (Fsp3) is 0.200. The normalized spacial score (nSPS) is 10.7. The van der Waals surface area contributed by atoms with E-state index in [0.29, 0.717) is 21.5 Å². The lowest BCUT2D eigenvalue weighted by Gasteiger charge is -2.08. The van der Waals surface area contributed by atoms with Crippen LogP contribution in [0.2, 0.25) is 0 Å². The van der Waals surface area contributed by atoms with E-state index < -0.39 is 5.97 Å². The van der Waals surface area contributed by atoms with Crippen molar-refractivity contribution in [2.45, 2.75) is 18.7 Å². The monoisotopic (exact) mass is 508 g/mol. The number of anilines is 1. The number of aryl methyl sites for hydroxylation is 1. The van der Waals surface area contributed by atoms with Gasteiger partial charge in [0.05, 0.1) is 12.9 Å². The van der Waals surface area contributed by atoms with E-state index in [1.807, 2.05) is 73.9 Å². The number of benzene rings is 2. The van der Waals surface area contributed by atoms with Gasteiger partial charge in [-0.2, -0.15) is 0 Å². The van der Waals surface area contributed by atoms with E-state index in [1.165, 1.54) is 30.2 Å². The van der Waals surface area contributed by atoms with Crippen molar-refractivity contribution in [1.29, 1.82) is 0 Å². The molecule has 10 heteroatoms. The smallest absolute Gasteiger partial charge is 0.341 e. The molecule has 0 bridgehead atoms. The number of nitrogens with one attached hydrogen (secondary N) is 1. The standard InChI is InChI=1S/C25H24N4O4S2/c1-16-9-11-17(12-10-16)19-14-34-23(22(19)24(31)32-3)26-21(30)15-35-25-28-27-20(29(25)2)13-33-18-7-5-4-6-8-18/h4-12,14H,13,15H2,1-3H3,(H,26,30). The number of nitrogens with zero attached hydrogens (tertiary/aromatic N) is 3. The molecule has 0 saturated carbocycles. The fourth-order valence-electron chi connectivity index (χ4n) is 3.25. The Morgan fingerprint density at radius 1 is 1.09 bits per heavy atom. The third kappa shape index (κ3) is 5.90. The Balaban J connectivity index is 1.40. The first-order valence-corrected chi connectivity index (χ1v) is 12.6. The van der Waals surface area contributed by atoms with Crippen LogP contribution in [-0.4, -0.2) is 39.5 Å². The number of carbonyl (C=O) groups is 2. The molecule has 4 rings (SSSR count). The van der Waals surface area contributed by atoms with E-state index in [4.69, 9.17) is 9.47 Å². The van der Waals surface area contributed by atoms with Gasteiger partial charge in [0.15, 0.2) is 11.0 Å². The number of methoxy groups -OCH3 is 1. The summed E-state index contributed by atoms with van der Waals surface area (Å²) in [7, 11) is 3.15. The third-order valence-electron chi connectivity index (χ3n) is 5.16. The predicted octanol–water partition coefficient (Wildman–Crippen LogP) is 4.95. The summed E-state index contributed by atoms with van der Waals surface area (Å²) in [6, 6.07) is 17.3. The van der Waals surface area contributed by atoms with E-state index in [-0.39, 0.29) is 18.3 Å². The van der Waals surface area contributed by atoms with E-state index in [9.17, 15) is 9.59 Å². The van der Waals surface area contributed by atoms with Gasteiger partial charge in [0.2, 0.25) is 5.91 Å². The molecule has 1 amide bonds. The molecule has 1 N–H and O–H groups in total. The van der Waals surface area contributed by atoms with Crippen molar-refractivity contribution in [2.24, 2.45) is 7.05 Å². The van der Waals surface area contributed by atoms with Crippen molar-refractivity contribution in [3.63, 3.8) is 0 Å². The van der Waals surface area contributed by atoms with Gasteiger partial charge in [-0.15, -0.1) is 21.5 Å². The van der Waals surface area contributed by atoms with Gasteiger partial charge in [0, 0.05) is 18.0 Å². The SMILES string of the molecule is COC(=O)c1c(-c2ccc(C)cc2)csc1NC(=O)CSc1nnc(COc2ccccc2)n1C. The molecule has 0 unspecified atom stereocenters. The number of para-hydroxylation sites is 1. The van der Waals surface area contributed by atoms with Crippen LogP contribution in [0.15, 0.2) is 65.1 Å². The Morgan fingerprint density at radius 2 is 1.83 bits per heavy atom. The Kier molecular flexibility index (Phi) is 7.84. The second-order valence-electron chi connectivity index (χ2n) is 7.61. The van der Waals surface area contributed by atoms with Crippen LogP contribution in [0.1, 0.15) is 21.7 Å². The van der Waals surface area contributed by atoms with Gasteiger partial charge in [-0.3, -0.25) is 4.79 Å². The Labute approximate surface area is 211 Å². The highest BCUT2D eigenvalue weighted by molar-refractivity contribution is 7.99. The summed E-state index contributed by atoms with van der Waals surface area (Å²) < 4.78 is 12.5. The Hall–Kier alpha value is -3.63. The average molecular weight is 509 g/mol. The molecule has 0 radical (unpaired) electrons. The molecule has 180 valence electrons. The van der Waals surface area contributed by atoms with Crippen LogP contribution in [-0.2, 0) is 23.2 Å². The lowest BCUT2D eigenvalue weighted by Crippen LogP contribution is -2.16. The number of hydrogen-bond acceptors (Lipinski definition) is 8. The highest BCUT2D eigenvalue weighted by atomic mass is 32.2. The number of thiophene rings is 1. The van der Waals surface area contributed by atoms with E-state index in [2.05, 4.69) is 15.5 Å². The largest absolute Gasteiger partial charge is 0.486 e. The van der Waals surface area contributed by atoms with E-state index >= 15 is 0 Å². The van der Waals surface area contributed by atoms with Crippen molar-refractivity contribution < 1.29 is 19.1 Å².